The number of carbonyl (C=O) groups is 2. The van der Waals surface area contributed by atoms with E-state index in [0.29, 0.717) is 18.2 Å². The first-order valence-corrected chi connectivity index (χ1v) is 10.9. The second-order valence-corrected chi connectivity index (χ2v) is 8.27. The van der Waals surface area contributed by atoms with Crippen LogP contribution in [0.25, 0.3) is 17.1 Å². The first-order valence-electron chi connectivity index (χ1n) is 10.9. The number of benzene rings is 2. The van der Waals surface area contributed by atoms with E-state index in [1.807, 2.05) is 61.7 Å². The minimum absolute atomic E-state index is 0.0625. The maximum atomic E-state index is 13.7. The molecule has 162 valence electrons. The van der Waals surface area contributed by atoms with Crippen molar-refractivity contribution >= 4 is 40.6 Å². The highest BCUT2D eigenvalue weighted by Gasteiger charge is 2.33. The molecule has 1 aromatic heterocycles. The van der Waals surface area contributed by atoms with Crippen LogP contribution >= 0.6 is 0 Å². The van der Waals surface area contributed by atoms with E-state index in [2.05, 4.69) is 4.90 Å². The SMILES string of the molecule is CC(=O)N1C=Cc2ccccc2C1CC(=O)N1CCCN(C)c2nc3ccccc3nc21. The summed E-state index contributed by atoms with van der Waals surface area (Å²) in [6.07, 6.45) is 4.69. The van der Waals surface area contributed by atoms with Crippen molar-refractivity contribution in [1.29, 1.82) is 0 Å². The molecule has 32 heavy (non-hydrogen) atoms. The molecule has 0 bridgehead atoms. The maximum absolute atomic E-state index is 13.7. The van der Waals surface area contributed by atoms with Gasteiger partial charge in [-0.05, 0) is 35.8 Å². The van der Waals surface area contributed by atoms with Gasteiger partial charge in [0.1, 0.15) is 0 Å². The van der Waals surface area contributed by atoms with Gasteiger partial charge in [-0.2, -0.15) is 0 Å². The second kappa shape index (κ2) is 8.07. The van der Waals surface area contributed by atoms with E-state index in [1.54, 1.807) is 16.0 Å². The van der Waals surface area contributed by atoms with Gasteiger partial charge in [0, 0.05) is 33.3 Å². The van der Waals surface area contributed by atoms with Crippen molar-refractivity contribution in [2.24, 2.45) is 0 Å². The summed E-state index contributed by atoms with van der Waals surface area (Å²) in [6.45, 7) is 2.88. The summed E-state index contributed by atoms with van der Waals surface area (Å²) in [5, 5.41) is 0. The molecule has 0 aliphatic carbocycles. The number of rotatable bonds is 2. The molecule has 0 saturated heterocycles. The van der Waals surface area contributed by atoms with Crippen LogP contribution in [0.3, 0.4) is 0 Å². The van der Waals surface area contributed by atoms with Crippen LogP contribution in [0.2, 0.25) is 0 Å². The van der Waals surface area contributed by atoms with Crippen molar-refractivity contribution in [3.05, 3.63) is 65.9 Å². The lowest BCUT2D eigenvalue weighted by molar-refractivity contribution is -0.129. The van der Waals surface area contributed by atoms with Gasteiger partial charge in [0.25, 0.3) is 0 Å². The Hall–Kier alpha value is -3.74. The molecule has 2 aliphatic rings. The predicted molar refractivity (Wildman–Crippen MR) is 125 cm³/mol. The number of aromatic nitrogens is 2. The highest BCUT2D eigenvalue weighted by molar-refractivity contribution is 5.97. The molecular weight excluding hydrogens is 402 g/mol. The van der Waals surface area contributed by atoms with E-state index in [9.17, 15) is 9.59 Å². The van der Waals surface area contributed by atoms with Crippen LogP contribution in [0.5, 0.6) is 0 Å². The summed E-state index contributed by atoms with van der Waals surface area (Å²) >= 11 is 0. The van der Waals surface area contributed by atoms with E-state index in [1.165, 1.54) is 6.92 Å². The Bertz CT molecular complexity index is 1240. The van der Waals surface area contributed by atoms with E-state index in [-0.39, 0.29) is 24.3 Å². The molecule has 2 amide bonds. The summed E-state index contributed by atoms with van der Waals surface area (Å²) in [5.74, 6) is 1.15. The first kappa shape index (κ1) is 20.2. The Labute approximate surface area is 187 Å². The molecule has 0 N–H and O–H groups in total. The Kier molecular flexibility index (Phi) is 5.09. The number of carbonyl (C=O) groups excluding carboxylic acids is 2. The van der Waals surface area contributed by atoms with Crippen LogP contribution in [0.4, 0.5) is 11.6 Å². The fraction of sp³-hybridized carbons (Fsp3) is 0.280. The number of nitrogens with zero attached hydrogens (tertiary/aromatic N) is 5. The predicted octanol–water partition coefficient (Wildman–Crippen LogP) is 3.77. The summed E-state index contributed by atoms with van der Waals surface area (Å²) in [6, 6.07) is 15.3. The van der Waals surface area contributed by atoms with Crippen LogP contribution in [0.15, 0.2) is 54.7 Å². The van der Waals surface area contributed by atoms with Crippen LogP contribution < -0.4 is 9.80 Å². The van der Waals surface area contributed by atoms with E-state index in [0.717, 1.165) is 35.1 Å². The molecule has 0 saturated carbocycles. The van der Waals surface area contributed by atoms with Crippen LogP contribution in [0.1, 0.15) is 36.9 Å². The smallest absolute Gasteiger partial charge is 0.230 e. The zero-order valence-corrected chi connectivity index (χ0v) is 18.2. The largest absolute Gasteiger partial charge is 0.357 e. The summed E-state index contributed by atoms with van der Waals surface area (Å²) in [4.78, 5) is 41.1. The van der Waals surface area contributed by atoms with Crippen molar-refractivity contribution in [1.82, 2.24) is 14.9 Å². The quantitative estimate of drug-likeness (QED) is 0.623. The third-order valence-corrected chi connectivity index (χ3v) is 6.17. The molecule has 1 atom stereocenters. The molecule has 0 spiro atoms. The number of hydrogen-bond acceptors (Lipinski definition) is 5. The molecule has 0 fully saturated rings. The molecule has 7 heteroatoms. The third-order valence-electron chi connectivity index (χ3n) is 6.17. The summed E-state index contributed by atoms with van der Waals surface area (Å²) in [7, 11) is 1.98. The van der Waals surface area contributed by atoms with Crippen molar-refractivity contribution in [3.63, 3.8) is 0 Å². The van der Waals surface area contributed by atoms with Crippen molar-refractivity contribution in [2.75, 3.05) is 29.9 Å². The average molecular weight is 428 g/mol. The fourth-order valence-electron chi connectivity index (χ4n) is 4.53. The lowest BCUT2D eigenvalue weighted by Crippen LogP contribution is -2.38. The number of fused-ring (bicyclic) bond motifs is 3. The average Bonchev–Trinajstić information content (AvgIpc) is 2.96. The van der Waals surface area contributed by atoms with Gasteiger partial charge in [0.05, 0.1) is 23.5 Å². The van der Waals surface area contributed by atoms with E-state index < -0.39 is 0 Å². The number of amides is 2. The van der Waals surface area contributed by atoms with Gasteiger partial charge in [-0.25, -0.2) is 9.97 Å². The molecule has 2 aliphatic heterocycles. The summed E-state index contributed by atoms with van der Waals surface area (Å²) in [5.41, 5.74) is 3.58. The third kappa shape index (κ3) is 3.49. The monoisotopic (exact) mass is 427 g/mol. The molecule has 1 unspecified atom stereocenters. The standard InChI is InChI=1S/C25H25N5O2/c1-17(31)29-15-12-18-8-3-4-9-19(18)22(29)16-23(32)30-14-7-13-28(2)24-25(30)27-21-11-6-5-10-20(21)26-24/h3-6,8-12,15,22H,7,13-14,16H2,1-2H3. The van der Waals surface area contributed by atoms with Gasteiger partial charge >= 0.3 is 0 Å². The van der Waals surface area contributed by atoms with Gasteiger partial charge in [-0.1, -0.05) is 36.4 Å². The lowest BCUT2D eigenvalue weighted by atomic mass is 9.93. The maximum Gasteiger partial charge on any atom is 0.230 e. The zero-order valence-electron chi connectivity index (χ0n) is 18.2. The topological polar surface area (TPSA) is 69.6 Å². The molecule has 2 aromatic carbocycles. The number of anilines is 2. The Balaban J connectivity index is 1.53. The minimum Gasteiger partial charge on any atom is -0.357 e. The fourth-order valence-corrected chi connectivity index (χ4v) is 4.53. The van der Waals surface area contributed by atoms with Crippen molar-refractivity contribution in [3.8, 4) is 0 Å². The Morgan fingerprint density at radius 1 is 0.969 bits per heavy atom. The number of hydrogen-bond donors (Lipinski definition) is 0. The Morgan fingerprint density at radius 3 is 2.41 bits per heavy atom. The van der Waals surface area contributed by atoms with Crippen LogP contribution in [-0.4, -0.2) is 46.8 Å². The van der Waals surface area contributed by atoms with Crippen molar-refractivity contribution in [2.45, 2.75) is 25.8 Å². The Morgan fingerprint density at radius 2 is 1.66 bits per heavy atom. The van der Waals surface area contributed by atoms with Gasteiger partial charge in [-0.3, -0.25) is 14.5 Å². The van der Waals surface area contributed by atoms with Gasteiger partial charge < -0.3 is 9.80 Å². The zero-order chi connectivity index (χ0) is 22.2. The lowest BCUT2D eigenvalue weighted by Gasteiger charge is -2.33. The van der Waals surface area contributed by atoms with E-state index in [4.69, 9.17) is 9.97 Å². The second-order valence-electron chi connectivity index (χ2n) is 8.27. The van der Waals surface area contributed by atoms with Crippen molar-refractivity contribution < 1.29 is 9.59 Å². The summed E-state index contributed by atoms with van der Waals surface area (Å²) < 4.78 is 0. The van der Waals surface area contributed by atoms with E-state index >= 15 is 0 Å². The van der Waals surface area contributed by atoms with Gasteiger partial charge in [0.15, 0.2) is 11.6 Å². The highest BCUT2D eigenvalue weighted by atomic mass is 16.2. The van der Waals surface area contributed by atoms with Crippen LogP contribution in [0, 0.1) is 0 Å². The first-order chi connectivity index (χ1) is 15.5. The number of para-hydroxylation sites is 2. The molecule has 3 heterocycles. The van der Waals surface area contributed by atoms with Gasteiger partial charge in [0.2, 0.25) is 11.8 Å². The highest BCUT2D eigenvalue weighted by Crippen LogP contribution is 2.36. The normalized spacial score (nSPS) is 17.7. The molecule has 7 nitrogen and oxygen atoms in total. The minimum atomic E-state index is -0.348. The molecular formula is C25H25N5O2. The molecule has 0 radical (unpaired) electrons. The van der Waals surface area contributed by atoms with Gasteiger partial charge in [-0.15, -0.1) is 0 Å². The molecule has 5 rings (SSSR count). The molecule has 3 aromatic rings. The van der Waals surface area contributed by atoms with Crippen LogP contribution in [-0.2, 0) is 9.59 Å².